The van der Waals surface area contributed by atoms with E-state index in [1.807, 2.05) is 6.07 Å². The molecule has 1 aliphatic rings. The number of halogens is 1. The van der Waals surface area contributed by atoms with E-state index in [1.165, 1.54) is 18.9 Å². The van der Waals surface area contributed by atoms with E-state index in [0.29, 0.717) is 5.56 Å². The van der Waals surface area contributed by atoms with Gasteiger partial charge in [-0.25, -0.2) is 4.39 Å². The molecule has 0 aliphatic carbocycles. The molecule has 1 N–H and O–H groups in total. The summed E-state index contributed by atoms with van der Waals surface area (Å²) in [5.74, 6) is 5.57. The molecule has 2 nitrogen and oxygen atoms in total. The average molecular weight is 261 g/mol. The first-order valence-corrected chi connectivity index (χ1v) is 6.79. The predicted octanol–water partition coefficient (Wildman–Crippen LogP) is 2.40. The zero-order chi connectivity index (χ0) is 13.7. The Kier molecular flexibility index (Phi) is 4.95. The summed E-state index contributed by atoms with van der Waals surface area (Å²) in [6.07, 6.45) is 2.53. The topological polar surface area (TPSA) is 23.5 Å². The number of hydrogen-bond donors (Lipinski definition) is 1. The molecule has 1 aliphatic heterocycles. The van der Waals surface area contributed by atoms with E-state index in [0.717, 1.165) is 31.1 Å². The molecule has 0 saturated carbocycles. The summed E-state index contributed by atoms with van der Waals surface area (Å²) in [4.78, 5) is 2.41. The van der Waals surface area contributed by atoms with Crippen molar-refractivity contribution in [3.63, 3.8) is 0 Å². The van der Waals surface area contributed by atoms with Crippen LogP contribution in [-0.2, 0) is 6.54 Å². The Morgan fingerprint density at radius 3 is 3.05 bits per heavy atom. The minimum atomic E-state index is -0.322. The minimum Gasteiger partial charge on any atom is -0.384 e. The molecule has 0 spiro atoms. The van der Waals surface area contributed by atoms with Crippen LogP contribution in [-0.4, -0.2) is 29.7 Å². The fourth-order valence-electron chi connectivity index (χ4n) is 2.59. The second-order valence-corrected chi connectivity index (χ2v) is 5.26. The van der Waals surface area contributed by atoms with Gasteiger partial charge in [-0.2, -0.15) is 0 Å². The molecule has 1 aromatic rings. The second kappa shape index (κ2) is 6.70. The molecule has 102 valence electrons. The number of aliphatic hydroxyl groups excluding tert-OH is 1. The van der Waals surface area contributed by atoms with Crippen LogP contribution in [0.3, 0.4) is 0 Å². The molecule has 3 heteroatoms. The Morgan fingerprint density at radius 2 is 2.32 bits per heavy atom. The summed E-state index contributed by atoms with van der Waals surface area (Å²) < 4.78 is 13.5. The quantitative estimate of drug-likeness (QED) is 0.826. The third-order valence-corrected chi connectivity index (χ3v) is 3.48. The largest absolute Gasteiger partial charge is 0.384 e. The standard InChI is InChI=1S/C16H20FNO/c1-13-4-2-8-18(11-13)12-14-6-7-16(17)15(10-14)5-3-9-19/h6-7,10,13,19H,2,4,8-9,11-12H2,1H3. The SMILES string of the molecule is CC1CCCN(Cc2ccc(F)c(C#CCO)c2)C1. The highest BCUT2D eigenvalue weighted by Crippen LogP contribution is 2.18. The van der Waals surface area contributed by atoms with Gasteiger partial charge in [0.05, 0.1) is 5.56 Å². The van der Waals surface area contributed by atoms with E-state index in [9.17, 15) is 4.39 Å². The molecule has 1 atom stereocenters. The summed E-state index contributed by atoms with van der Waals surface area (Å²) in [5, 5.41) is 8.67. The van der Waals surface area contributed by atoms with Crippen LogP contribution in [0.4, 0.5) is 4.39 Å². The first-order valence-electron chi connectivity index (χ1n) is 6.79. The van der Waals surface area contributed by atoms with Crippen LogP contribution in [0.2, 0.25) is 0 Å². The number of benzene rings is 1. The van der Waals surface area contributed by atoms with Crippen molar-refractivity contribution < 1.29 is 9.50 Å². The molecule has 0 aromatic heterocycles. The van der Waals surface area contributed by atoms with Gasteiger partial charge < -0.3 is 5.11 Å². The van der Waals surface area contributed by atoms with Crippen LogP contribution >= 0.6 is 0 Å². The third kappa shape index (κ3) is 4.05. The number of nitrogens with zero attached hydrogens (tertiary/aromatic N) is 1. The van der Waals surface area contributed by atoms with Gasteiger partial charge in [-0.3, -0.25) is 4.90 Å². The predicted molar refractivity (Wildman–Crippen MR) is 74.0 cm³/mol. The van der Waals surface area contributed by atoms with Crippen LogP contribution in [0.5, 0.6) is 0 Å². The van der Waals surface area contributed by atoms with Gasteiger partial charge in [-0.05, 0) is 43.0 Å². The van der Waals surface area contributed by atoms with Crippen molar-refractivity contribution in [2.75, 3.05) is 19.7 Å². The van der Waals surface area contributed by atoms with E-state index < -0.39 is 0 Å². The van der Waals surface area contributed by atoms with Crippen molar-refractivity contribution >= 4 is 0 Å². The molecule has 19 heavy (non-hydrogen) atoms. The van der Waals surface area contributed by atoms with Crippen LogP contribution in [0.25, 0.3) is 0 Å². The fraction of sp³-hybridized carbons (Fsp3) is 0.500. The van der Waals surface area contributed by atoms with E-state index in [2.05, 4.69) is 23.7 Å². The van der Waals surface area contributed by atoms with Gasteiger partial charge in [0.1, 0.15) is 12.4 Å². The van der Waals surface area contributed by atoms with Crippen molar-refractivity contribution in [2.24, 2.45) is 5.92 Å². The number of piperidine rings is 1. The van der Waals surface area contributed by atoms with E-state index in [-0.39, 0.29) is 12.4 Å². The van der Waals surface area contributed by atoms with E-state index in [4.69, 9.17) is 5.11 Å². The third-order valence-electron chi connectivity index (χ3n) is 3.48. The smallest absolute Gasteiger partial charge is 0.138 e. The van der Waals surface area contributed by atoms with Crippen molar-refractivity contribution in [1.29, 1.82) is 0 Å². The van der Waals surface area contributed by atoms with Gasteiger partial charge in [0, 0.05) is 13.1 Å². The van der Waals surface area contributed by atoms with Gasteiger partial charge in [0.15, 0.2) is 0 Å². The Balaban J connectivity index is 2.08. The molecule has 0 bridgehead atoms. The van der Waals surface area contributed by atoms with Crippen molar-refractivity contribution in [1.82, 2.24) is 4.90 Å². The minimum absolute atomic E-state index is 0.243. The summed E-state index contributed by atoms with van der Waals surface area (Å²) in [6.45, 7) is 5.09. The molecule has 1 saturated heterocycles. The molecule has 1 unspecified atom stereocenters. The molecule has 1 fully saturated rings. The molecule has 1 aromatic carbocycles. The van der Waals surface area contributed by atoms with Crippen LogP contribution in [0, 0.1) is 23.6 Å². The zero-order valence-corrected chi connectivity index (χ0v) is 11.3. The lowest BCUT2D eigenvalue weighted by molar-refractivity contribution is 0.176. The van der Waals surface area contributed by atoms with Gasteiger partial charge in [0.2, 0.25) is 0 Å². The van der Waals surface area contributed by atoms with Crippen LogP contribution < -0.4 is 0 Å². The maximum absolute atomic E-state index is 13.5. The Labute approximate surface area is 114 Å². The van der Waals surface area contributed by atoms with Crippen molar-refractivity contribution in [2.45, 2.75) is 26.3 Å². The first-order chi connectivity index (χ1) is 9.19. The number of rotatable bonds is 2. The maximum atomic E-state index is 13.5. The summed E-state index contributed by atoms with van der Waals surface area (Å²) in [7, 11) is 0. The normalized spacial score (nSPS) is 19.8. The lowest BCUT2D eigenvalue weighted by Crippen LogP contribution is -2.33. The number of hydrogen-bond acceptors (Lipinski definition) is 2. The molecule has 0 radical (unpaired) electrons. The molecule has 0 amide bonds. The zero-order valence-electron chi connectivity index (χ0n) is 11.3. The Bertz CT molecular complexity index is 489. The van der Waals surface area contributed by atoms with E-state index >= 15 is 0 Å². The highest BCUT2D eigenvalue weighted by atomic mass is 19.1. The van der Waals surface area contributed by atoms with Gasteiger partial charge in [-0.1, -0.05) is 24.8 Å². The Hall–Kier alpha value is -1.37. The van der Waals surface area contributed by atoms with Gasteiger partial charge in [-0.15, -0.1) is 0 Å². The number of likely N-dealkylation sites (tertiary alicyclic amines) is 1. The second-order valence-electron chi connectivity index (χ2n) is 5.26. The monoisotopic (exact) mass is 261 g/mol. The Morgan fingerprint density at radius 1 is 1.47 bits per heavy atom. The van der Waals surface area contributed by atoms with Gasteiger partial charge >= 0.3 is 0 Å². The van der Waals surface area contributed by atoms with E-state index in [1.54, 1.807) is 6.07 Å². The highest BCUT2D eigenvalue weighted by Gasteiger charge is 2.16. The molecular weight excluding hydrogens is 241 g/mol. The molecule has 1 heterocycles. The lowest BCUT2D eigenvalue weighted by Gasteiger charge is -2.30. The molecular formula is C16H20FNO. The maximum Gasteiger partial charge on any atom is 0.138 e. The lowest BCUT2D eigenvalue weighted by atomic mass is 9.99. The highest BCUT2D eigenvalue weighted by molar-refractivity contribution is 5.38. The molecule has 2 rings (SSSR count). The van der Waals surface area contributed by atoms with Crippen LogP contribution in [0.1, 0.15) is 30.9 Å². The van der Waals surface area contributed by atoms with Gasteiger partial charge in [0.25, 0.3) is 0 Å². The van der Waals surface area contributed by atoms with Crippen molar-refractivity contribution in [3.05, 3.63) is 35.1 Å². The van der Waals surface area contributed by atoms with Crippen LogP contribution in [0.15, 0.2) is 18.2 Å². The summed E-state index contributed by atoms with van der Waals surface area (Å²) in [5.41, 5.74) is 1.45. The van der Waals surface area contributed by atoms with Crippen molar-refractivity contribution in [3.8, 4) is 11.8 Å². The number of aliphatic hydroxyl groups is 1. The fourth-order valence-corrected chi connectivity index (χ4v) is 2.59. The summed E-state index contributed by atoms with van der Waals surface area (Å²) in [6, 6.07) is 5.07. The first kappa shape index (κ1) is 14.0. The average Bonchev–Trinajstić information content (AvgIpc) is 2.39. The summed E-state index contributed by atoms with van der Waals surface area (Å²) >= 11 is 0.